The van der Waals surface area contributed by atoms with Gasteiger partial charge in [0.15, 0.2) is 0 Å². The number of piperidine rings is 1. The standard InChI is InChI=1S/C17H32N2/c1-2-19(17-6-4-3-5-7-17)11-10-14-12-15-8-9-16(13-14)18-15/h14-18H,2-13H2,1H3. The topological polar surface area (TPSA) is 15.3 Å². The molecule has 1 N–H and O–H groups in total. The first kappa shape index (κ1) is 13.9. The smallest absolute Gasteiger partial charge is 0.00951 e. The van der Waals surface area contributed by atoms with Gasteiger partial charge in [0.1, 0.15) is 0 Å². The average Bonchev–Trinajstić information content (AvgIpc) is 2.80. The van der Waals surface area contributed by atoms with Crippen LogP contribution in [0.2, 0.25) is 0 Å². The molecule has 2 heterocycles. The van der Waals surface area contributed by atoms with Gasteiger partial charge in [0.25, 0.3) is 0 Å². The lowest BCUT2D eigenvalue weighted by atomic mass is 9.88. The van der Waals surface area contributed by atoms with Gasteiger partial charge >= 0.3 is 0 Å². The van der Waals surface area contributed by atoms with E-state index in [2.05, 4.69) is 17.1 Å². The minimum atomic E-state index is 0.869. The second-order valence-electron chi connectivity index (χ2n) is 7.18. The van der Waals surface area contributed by atoms with E-state index in [1.807, 2.05) is 0 Å². The van der Waals surface area contributed by atoms with E-state index in [0.717, 1.165) is 24.0 Å². The highest BCUT2D eigenvalue weighted by Crippen LogP contribution is 2.33. The van der Waals surface area contributed by atoms with Crippen molar-refractivity contribution < 1.29 is 0 Å². The van der Waals surface area contributed by atoms with Crippen molar-refractivity contribution in [2.45, 2.75) is 89.3 Å². The third-order valence-corrected chi connectivity index (χ3v) is 5.89. The molecular formula is C17H32N2. The predicted molar refractivity (Wildman–Crippen MR) is 81.4 cm³/mol. The van der Waals surface area contributed by atoms with Gasteiger partial charge in [-0.1, -0.05) is 26.2 Å². The zero-order valence-corrected chi connectivity index (χ0v) is 12.7. The van der Waals surface area contributed by atoms with Gasteiger partial charge in [0.2, 0.25) is 0 Å². The Morgan fingerprint density at radius 3 is 2.26 bits per heavy atom. The minimum absolute atomic E-state index is 0.869. The first-order valence-corrected chi connectivity index (χ1v) is 8.85. The highest BCUT2D eigenvalue weighted by molar-refractivity contribution is 4.92. The van der Waals surface area contributed by atoms with Gasteiger partial charge in [-0.25, -0.2) is 0 Å². The van der Waals surface area contributed by atoms with Gasteiger partial charge in [-0.2, -0.15) is 0 Å². The monoisotopic (exact) mass is 264 g/mol. The number of fused-ring (bicyclic) bond motifs is 2. The Labute approximate surface area is 119 Å². The quantitative estimate of drug-likeness (QED) is 0.817. The summed E-state index contributed by atoms with van der Waals surface area (Å²) in [5.41, 5.74) is 0. The van der Waals surface area contributed by atoms with Crippen LogP contribution in [0.25, 0.3) is 0 Å². The van der Waals surface area contributed by atoms with E-state index < -0.39 is 0 Å². The van der Waals surface area contributed by atoms with Crippen molar-refractivity contribution in [3.8, 4) is 0 Å². The molecule has 2 saturated heterocycles. The molecule has 2 bridgehead atoms. The molecule has 2 nitrogen and oxygen atoms in total. The second kappa shape index (κ2) is 6.58. The van der Waals surface area contributed by atoms with Crippen LogP contribution < -0.4 is 5.32 Å². The number of nitrogens with zero attached hydrogens (tertiary/aromatic N) is 1. The van der Waals surface area contributed by atoms with Gasteiger partial charge in [0, 0.05) is 18.1 Å². The lowest BCUT2D eigenvalue weighted by Crippen LogP contribution is -2.41. The van der Waals surface area contributed by atoms with E-state index in [1.165, 1.54) is 77.3 Å². The van der Waals surface area contributed by atoms with Crippen LogP contribution in [0.15, 0.2) is 0 Å². The second-order valence-corrected chi connectivity index (χ2v) is 7.18. The number of rotatable bonds is 5. The third-order valence-electron chi connectivity index (χ3n) is 5.89. The summed E-state index contributed by atoms with van der Waals surface area (Å²) in [6, 6.07) is 2.65. The molecule has 110 valence electrons. The summed E-state index contributed by atoms with van der Waals surface area (Å²) in [5.74, 6) is 1.01. The van der Waals surface area contributed by atoms with Crippen molar-refractivity contribution in [2.24, 2.45) is 5.92 Å². The van der Waals surface area contributed by atoms with Crippen LogP contribution in [0.3, 0.4) is 0 Å². The van der Waals surface area contributed by atoms with E-state index in [0.29, 0.717) is 0 Å². The molecule has 0 radical (unpaired) electrons. The molecule has 3 aliphatic rings. The SMILES string of the molecule is CCN(CCC1CC2CCC(C1)N2)C1CCCCC1. The maximum atomic E-state index is 3.77. The van der Waals surface area contributed by atoms with Gasteiger partial charge in [-0.15, -0.1) is 0 Å². The summed E-state index contributed by atoms with van der Waals surface area (Å²) in [6.07, 6.45) is 14.6. The molecule has 2 aliphatic heterocycles. The van der Waals surface area contributed by atoms with E-state index in [4.69, 9.17) is 0 Å². The molecule has 1 saturated carbocycles. The van der Waals surface area contributed by atoms with Crippen LogP contribution in [0.1, 0.15) is 71.1 Å². The molecule has 0 amide bonds. The summed E-state index contributed by atoms with van der Waals surface area (Å²) < 4.78 is 0. The van der Waals surface area contributed by atoms with E-state index in [9.17, 15) is 0 Å². The number of nitrogens with one attached hydrogen (secondary N) is 1. The largest absolute Gasteiger partial charge is 0.311 e. The molecule has 2 heteroatoms. The average molecular weight is 264 g/mol. The van der Waals surface area contributed by atoms with Crippen molar-refractivity contribution in [1.82, 2.24) is 10.2 Å². The highest BCUT2D eigenvalue weighted by atomic mass is 15.1. The molecule has 0 aromatic carbocycles. The fourth-order valence-corrected chi connectivity index (χ4v) is 4.80. The van der Waals surface area contributed by atoms with Crippen LogP contribution >= 0.6 is 0 Å². The molecule has 19 heavy (non-hydrogen) atoms. The Balaban J connectivity index is 1.44. The minimum Gasteiger partial charge on any atom is -0.311 e. The van der Waals surface area contributed by atoms with Crippen molar-refractivity contribution >= 4 is 0 Å². The van der Waals surface area contributed by atoms with E-state index in [-0.39, 0.29) is 0 Å². The fraction of sp³-hybridized carbons (Fsp3) is 1.00. The lowest BCUT2D eigenvalue weighted by Gasteiger charge is -2.36. The van der Waals surface area contributed by atoms with Crippen molar-refractivity contribution in [1.29, 1.82) is 0 Å². The van der Waals surface area contributed by atoms with Crippen molar-refractivity contribution in [3.05, 3.63) is 0 Å². The Kier molecular flexibility index (Phi) is 4.81. The molecular weight excluding hydrogens is 232 g/mol. The molecule has 3 fully saturated rings. The third kappa shape index (κ3) is 3.52. The predicted octanol–water partition coefficient (Wildman–Crippen LogP) is 3.56. The van der Waals surface area contributed by atoms with E-state index >= 15 is 0 Å². The summed E-state index contributed by atoms with van der Waals surface area (Å²) >= 11 is 0. The molecule has 2 unspecified atom stereocenters. The van der Waals surface area contributed by atoms with E-state index in [1.54, 1.807) is 0 Å². The molecule has 1 aliphatic carbocycles. The summed E-state index contributed by atoms with van der Waals surface area (Å²) in [4.78, 5) is 2.79. The summed E-state index contributed by atoms with van der Waals surface area (Å²) in [5, 5.41) is 3.77. The molecule has 0 spiro atoms. The number of hydrogen-bond acceptors (Lipinski definition) is 2. The normalized spacial score (nSPS) is 36.0. The van der Waals surface area contributed by atoms with Gasteiger partial charge in [-0.3, -0.25) is 0 Å². The summed E-state index contributed by atoms with van der Waals surface area (Å²) in [7, 11) is 0. The van der Waals surface area contributed by atoms with Crippen molar-refractivity contribution in [3.63, 3.8) is 0 Å². The first-order valence-electron chi connectivity index (χ1n) is 8.85. The molecule has 3 rings (SSSR count). The number of hydrogen-bond donors (Lipinski definition) is 1. The zero-order chi connectivity index (χ0) is 13.1. The Hall–Kier alpha value is -0.0800. The highest BCUT2D eigenvalue weighted by Gasteiger charge is 2.33. The van der Waals surface area contributed by atoms with Crippen molar-refractivity contribution in [2.75, 3.05) is 13.1 Å². The lowest BCUT2D eigenvalue weighted by molar-refractivity contribution is 0.145. The Bertz CT molecular complexity index is 260. The maximum absolute atomic E-state index is 3.77. The first-order chi connectivity index (χ1) is 9.35. The van der Waals surface area contributed by atoms with Crippen LogP contribution in [0.5, 0.6) is 0 Å². The molecule has 2 atom stereocenters. The summed E-state index contributed by atoms with van der Waals surface area (Å²) in [6.45, 7) is 4.99. The van der Waals surface area contributed by atoms with Crippen LogP contribution in [-0.4, -0.2) is 36.1 Å². The zero-order valence-electron chi connectivity index (χ0n) is 12.7. The Morgan fingerprint density at radius 1 is 0.947 bits per heavy atom. The van der Waals surface area contributed by atoms with Gasteiger partial charge in [-0.05, 0) is 64.0 Å². The van der Waals surface area contributed by atoms with Crippen LogP contribution in [0.4, 0.5) is 0 Å². The maximum Gasteiger partial charge on any atom is 0.00951 e. The van der Waals surface area contributed by atoms with Crippen LogP contribution in [0, 0.1) is 5.92 Å². The molecule has 0 aromatic heterocycles. The fourth-order valence-electron chi connectivity index (χ4n) is 4.80. The van der Waals surface area contributed by atoms with Gasteiger partial charge < -0.3 is 10.2 Å². The van der Waals surface area contributed by atoms with Crippen LogP contribution in [-0.2, 0) is 0 Å². The Morgan fingerprint density at radius 2 is 1.63 bits per heavy atom. The molecule has 0 aromatic rings. The van der Waals surface area contributed by atoms with Gasteiger partial charge in [0.05, 0.1) is 0 Å².